The van der Waals surface area contributed by atoms with Crippen molar-refractivity contribution in [2.24, 2.45) is 4.99 Å². The molecule has 1 aliphatic rings. The van der Waals surface area contributed by atoms with Crippen LogP contribution >= 0.6 is 11.8 Å². The smallest absolute Gasteiger partial charge is 0.242 e. The normalized spacial score (nSPS) is 18.4. The standard InChI is InChI=1S/C20H21N3O2S/c1-13-9-10-16(14(2)11-13)22-18(24)12-17-19(25)23(3)20(26-17)21-15-7-5-4-6-8-15/h4-11,17H,12H2,1-3H3,(H,22,24)/t17-/m1/s1. The van der Waals surface area contributed by atoms with E-state index in [0.717, 1.165) is 22.5 Å². The summed E-state index contributed by atoms with van der Waals surface area (Å²) in [6.45, 7) is 3.96. The minimum Gasteiger partial charge on any atom is -0.326 e. The van der Waals surface area contributed by atoms with Gasteiger partial charge in [0.1, 0.15) is 5.25 Å². The molecular formula is C20H21N3O2S. The van der Waals surface area contributed by atoms with E-state index in [1.54, 1.807) is 7.05 Å². The Morgan fingerprint density at radius 1 is 1.19 bits per heavy atom. The van der Waals surface area contributed by atoms with Crippen LogP contribution in [0.25, 0.3) is 0 Å². The van der Waals surface area contributed by atoms with Crippen molar-refractivity contribution >= 4 is 40.1 Å². The molecule has 0 radical (unpaired) electrons. The van der Waals surface area contributed by atoms with Gasteiger partial charge in [0.05, 0.1) is 5.69 Å². The summed E-state index contributed by atoms with van der Waals surface area (Å²) in [6.07, 6.45) is 0.120. The number of amidine groups is 1. The Bertz CT molecular complexity index is 865. The fraction of sp³-hybridized carbons (Fsp3) is 0.250. The fourth-order valence-electron chi connectivity index (χ4n) is 2.73. The summed E-state index contributed by atoms with van der Waals surface area (Å²) in [5.41, 5.74) is 3.72. The molecule has 0 spiro atoms. The van der Waals surface area contributed by atoms with Crippen LogP contribution < -0.4 is 5.32 Å². The lowest BCUT2D eigenvalue weighted by molar-refractivity contribution is -0.127. The number of aliphatic imine (C=N–C) groups is 1. The first-order valence-electron chi connectivity index (χ1n) is 8.39. The molecule has 0 aliphatic carbocycles. The van der Waals surface area contributed by atoms with Crippen LogP contribution in [0.1, 0.15) is 17.5 Å². The number of anilines is 1. The Kier molecular flexibility index (Phi) is 5.42. The van der Waals surface area contributed by atoms with Gasteiger partial charge in [-0.15, -0.1) is 0 Å². The largest absolute Gasteiger partial charge is 0.326 e. The highest BCUT2D eigenvalue weighted by Crippen LogP contribution is 2.30. The van der Waals surface area contributed by atoms with E-state index in [1.165, 1.54) is 16.7 Å². The van der Waals surface area contributed by atoms with Crippen LogP contribution in [0.15, 0.2) is 53.5 Å². The van der Waals surface area contributed by atoms with Crippen molar-refractivity contribution < 1.29 is 9.59 Å². The van der Waals surface area contributed by atoms with Crippen LogP contribution in [-0.4, -0.2) is 34.2 Å². The van der Waals surface area contributed by atoms with E-state index in [2.05, 4.69) is 10.3 Å². The number of carbonyl (C=O) groups excluding carboxylic acids is 2. The van der Waals surface area contributed by atoms with Gasteiger partial charge in [-0.2, -0.15) is 0 Å². The van der Waals surface area contributed by atoms with Crippen molar-refractivity contribution in [3.63, 3.8) is 0 Å². The van der Waals surface area contributed by atoms with Crippen molar-refractivity contribution in [1.29, 1.82) is 0 Å². The molecule has 5 nitrogen and oxygen atoms in total. The number of para-hydroxylation sites is 1. The van der Waals surface area contributed by atoms with Gasteiger partial charge in [-0.1, -0.05) is 47.7 Å². The Labute approximate surface area is 157 Å². The molecule has 2 amide bonds. The third kappa shape index (κ3) is 4.14. The van der Waals surface area contributed by atoms with Gasteiger partial charge in [-0.25, -0.2) is 4.99 Å². The zero-order valence-corrected chi connectivity index (χ0v) is 15.8. The zero-order valence-electron chi connectivity index (χ0n) is 15.0. The maximum absolute atomic E-state index is 12.4. The molecule has 1 saturated heterocycles. The monoisotopic (exact) mass is 367 g/mol. The van der Waals surface area contributed by atoms with E-state index in [4.69, 9.17) is 0 Å². The first-order chi connectivity index (χ1) is 12.4. The molecule has 0 unspecified atom stereocenters. The maximum atomic E-state index is 12.4. The highest BCUT2D eigenvalue weighted by atomic mass is 32.2. The third-order valence-electron chi connectivity index (χ3n) is 4.15. The summed E-state index contributed by atoms with van der Waals surface area (Å²) in [5.74, 6) is -0.266. The molecule has 2 aromatic rings. The molecule has 0 aromatic heterocycles. The predicted octanol–water partition coefficient (Wildman–Crippen LogP) is 3.89. The second-order valence-corrected chi connectivity index (χ2v) is 7.47. The van der Waals surface area contributed by atoms with E-state index in [9.17, 15) is 9.59 Å². The van der Waals surface area contributed by atoms with Gasteiger partial charge in [0.2, 0.25) is 11.8 Å². The van der Waals surface area contributed by atoms with Gasteiger partial charge < -0.3 is 5.32 Å². The Morgan fingerprint density at radius 3 is 2.62 bits per heavy atom. The highest BCUT2D eigenvalue weighted by molar-refractivity contribution is 8.15. The average molecular weight is 367 g/mol. The topological polar surface area (TPSA) is 61.8 Å². The highest BCUT2D eigenvalue weighted by Gasteiger charge is 2.37. The molecule has 1 aliphatic heterocycles. The Hall–Kier alpha value is -2.60. The first kappa shape index (κ1) is 18.2. The lowest BCUT2D eigenvalue weighted by atomic mass is 10.1. The minimum atomic E-state index is -0.451. The molecule has 6 heteroatoms. The predicted molar refractivity (Wildman–Crippen MR) is 107 cm³/mol. The maximum Gasteiger partial charge on any atom is 0.242 e. The molecular weight excluding hydrogens is 346 g/mol. The molecule has 134 valence electrons. The van der Waals surface area contributed by atoms with Gasteiger partial charge in [-0.3, -0.25) is 14.5 Å². The summed E-state index contributed by atoms with van der Waals surface area (Å²) in [4.78, 5) is 30.9. The van der Waals surface area contributed by atoms with E-state index in [1.807, 2.05) is 62.4 Å². The average Bonchev–Trinajstić information content (AvgIpc) is 2.86. The quantitative estimate of drug-likeness (QED) is 0.892. The van der Waals surface area contributed by atoms with E-state index in [0.29, 0.717) is 5.17 Å². The van der Waals surface area contributed by atoms with Crippen molar-refractivity contribution in [2.75, 3.05) is 12.4 Å². The number of hydrogen-bond donors (Lipinski definition) is 1. The summed E-state index contributed by atoms with van der Waals surface area (Å²) >= 11 is 1.33. The van der Waals surface area contributed by atoms with Crippen LogP contribution in [0.2, 0.25) is 0 Å². The molecule has 3 rings (SSSR count). The fourth-order valence-corrected chi connectivity index (χ4v) is 3.89. The Morgan fingerprint density at radius 2 is 1.92 bits per heavy atom. The molecule has 1 heterocycles. The summed E-state index contributed by atoms with van der Waals surface area (Å²) in [7, 11) is 1.69. The van der Waals surface area contributed by atoms with Crippen LogP contribution in [0, 0.1) is 13.8 Å². The van der Waals surface area contributed by atoms with Crippen molar-refractivity contribution in [3.8, 4) is 0 Å². The number of aryl methyl sites for hydroxylation is 2. The molecule has 0 bridgehead atoms. The minimum absolute atomic E-state index is 0.0968. The Balaban J connectivity index is 1.67. The number of rotatable bonds is 4. The van der Waals surface area contributed by atoms with Gasteiger partial charge in [0.25, 0.3) is 0 Å². The number of nitrogens with one attached hydrogen (secondary N) is 1. The summed E-state index contributed by atoms with van der Waals surface area (Å²) in [6, 6.07) is 15.3. The van der Waals surface area contributed by atoms with Gasteiger partial charge in [-0.05, 0) is 37.6 Å². The van der Waals surface area contributed by atoms with E-state index >= 15 is 0 Å². The summed E-state index contributed by atoms with van der Waals surface area (Å²) in [5, 5.41) is 3.07. The zero-order chi connectivity index (χ0) is 18.7. The van der Waals surface area contributed by atoms with Crippen molar-refractivity contribution in [3.05, 3.63) is 59.7 Å². The number of benzene rings is 2. The molecule has 1 fully saturated rings. The number of nitrogens with zero attached hydrogens (tertiary/aromatic N) is 2. The SMILES string of the molecule is Cc1ccc(NC(=O)C[C@H]2SC(=Nc3ccccc3)N(C)C2=O)c(C)c1. The number of carbonyl (C=O) groups is 2. The number of thioether (sulfide) groups is 1. The second-order valence-electron chi connectivity index (χ2n) is 6.30. The summed E-state index contributed by atoms with van der Waals surface area (Å²) < 4.78 is 0. The van der Waals surface area contributed by atoms with Crippen LogP contribution in [-0.2, 0) is 9.59 Å². The molecule has 1 N–H and O–H groups in total. The van der Waals surface area contributed by atoms with Crippen molar-refractivity contribution in [2.45, 2.75) is 25.5 Å². The number of amides is 2. The van der Waals surface area contributed by atoms with E-state index < -0.39 is 5.25 Å². The van der Waals surface area contributed by atoms with Gasteiger partial charge >= 0.3 is 0 Å². The molecule has 26 heavy (non-hydrogen) atoms. The van der Waals surface area contributed by atoms with Gasteiger partial charge in [0, 0.05) is 19.2 Å². The molecule has 0 saturated carbocycles. The first-order valence-corrected chi connectivity index (χ1v) is 9.27. The van der Waals surface area contributed by atoms with Crippen LogP contribution in [0.3, 0.4) is 0 Å². The van der Waals surface area contributed by atoms with Crippen LogP contribution in [0.5, 0.6) is 0 Å². The van der Waals surface area contributed by atoms with Crippen molar-refractivity contribution in [1.82, 2.24) is 4.90 Å². The number of hydrogen-bond acceptors (Lipinski definition) is 4. The third-order valence-corrected chi connectivity index (χ3v) is 5.38. The van der Waals surface area contributed by atoms with E-state index in [-0.39, 0.29) is 18.2 Å². The molecule has 1 atom stereocenters. The lowest BCUT2D eigenvalue weighted by Crippen LogP contribution is -2.30. The lowest BCUT2D eigenvalue weighted by Gasteiger charge is -2.11. The van der Waals surface area contributed by atoms with Gasteiger partial charge in [0.15, 0.2) is 5.17 Å². The van der Waals surface area contributed by atoms with Crippen LogP contribution in [0.4, 0.5) is 11.4 Å². The molecule has 2 aromatic carbocycles. The second kappa shape index (κ2) is 7.74.